The number of hydrogen-bond acceptors (Lipinski definition) is 0. The molecule has 6 rings (SSSR count). The van der Waals surface area contributed by atoms with E-state index in [1.165, 1.54) is 66.8 Å². The third-order valence-electron chi connectivity index (χ3n) is 12.8. The Bertz CT molecular complexity index is 2050. The van der Waals surface area contributed by atoms with Gasteiger partial charge in [0.1, 0.15) is 0 Å². The van der Waals surface area contributed by atoms with E-state index in [0.717, 1.165) is 38.5 Å². The van der Waals surface area contributed by atoms with Crippen molar-refractivity contribution < 1.29 is 0 Å². The molecular weight excluding hydrogens is 673 g/mol. The van der Waals surface area contributed by atoms with Crippen LogP contribution in [0.3, 0.4) is 0 Å². The Balaban J connectivity index is 1.39. The molecule has 0 heterocycles. The van der Waals surface area contributed by atoms with Crippen LogP contribution in [0, 0.1) is 41.5 Å². The van der Waals surface area contributed by atoms with Gasteiger partial charge in [-0.15, -0.1) is 0 Å². The lowest BCUT2D eigenvalue weighted by molar-refractivity contribution is 0.392. The molecule has 0 saturated carbocycles. The summed E-state index contributed by atoms with van der Waals surface area (Å²) >= 11 is 0. The molecule has 0 aliphatic carbocycles. The Morgan fingerprint density at radius 2 is 0.464 bits per heavy atom. The predicted molar refractivity (Wildman–Crippen MR) is 243 cm³/mol. The maximum absolute atomic E-state index is 2.44. The van der Waals surface area contributed by atoms with E-state index in [4.69, 9.17) is 0 Å². The first-order valence-corrected chi connectivity index (χ1v) is 21.4. The van der Waals surface area contributed by atoms with Crippen LogP contribution >= 0.6 is 0 Å². The highest BCUT2D eigenvalue weighted by Crippen LogP contribution is 2.46. The Morgan fingerprint density at radius 1 is 0.268 bits per heavy atom. The van der Waals surface area contributed by atoms with Crippen LogP contribution in [0.5, 0.6) is 0 Å². The van der Waals surface area contributed by atoms with Crippen LogP contribution in [0.15, 0.2) is 146 Å². The van der Waals surface area contributed by atoms with Crippen molar-refractivity contribution >= 4 is 0 Å². The molecule has 0 aliphatic rings. The molecule has 0 heteroatoms. The van der Waals surface area contributed by atoms with E-state index in [1.54, 1.807) is 0 Å². The first-order chi connectivity index (χ1) is 27.0. The zero-order chi connectivity index (χ0) is 39.6. The van der Waals surface area contributed by atoms with Crippen molar-refractivity contribution in [2.24, 2.45) is 0 Å². The summed E-state index contributed by atoms with van der Waals surface area (Å²) in [7, 11) is 0. The molecule has 6 atom stereocenters. The standard InChI is InChI=1S/C56H66/c1-9-46(48-24-12-40(3)13-25-48)35-54(50-28-16-42(5)17-29-50)37-56(52-32-20-44(7)21-33-52)38-55(51-30-18-43(6)19-31-51)36-53(49-26-14-41(4)15-27-49)34-45(8)47-22-10-39(2)11-23-47/h10-33,45-46,53-56H,9,34-38H2,1-8H3. The molecule has 56 heavy (non-hydrogen) atoms. The quantitative estimate of drug-likeness (QED) is 0.0874. The van der Waals surface area contributed by atoms with Gasteiger partial charge in [-0.2, -0.15) is 0 Å². The molecule has 6 aromatic carbocycles. The van der Waals surface area contributed by atoms with Crippen LogP contribution < -0.4 is 0 Å². The average molecular weight is 739 g/mol. The van der Waals surface area contributed by atoms with Gasteiger partial charge in [-0.05, 0) is 149 Å². The monoisotopic (exact) mass is 739 g/mol. The van der Waals surface area contributed by atoms with Crippen LogP contribution in [-0.2, 0) is 0 Å². The first-order valence-electron chi connectivity index (χ1n) is 21.4. The molecule has 0 aromatic heterocycles. The van der Waals surface area contributed by atoms with Gasteiger partial charge >= 0.3 is 0 Å². The Kier molecular flexibility index (Phi) is 14.2. The van der Waals surface area contributed by atoms with Crippen LogP contribution in [0.25, 0.3) is 0 Å². The topological polar surface area (TPSA) is 0 Å². The molecular formula is C56H66. The normalized spacial score (nSPS) is 14.8. The molecule has 6 unspecified atom stereocenters. The van der Waals surface area contributed by atoms with E-state index in [-0.39, 0.29) is 0 Å². The van der Waals surface area contributed by atoms with E-state index in [0.29, 0.717) is 35.5 Å². The maximum atomic E-state index is 2.44. The molecule has 0 radical (unpaired) electrons. The summed E-state index contributed by atoms with van der Waals surface area (Å²) in [4.78, 5) is 0. The molecule has 0 nitrogen and oxygen atoms in total. The van der Waals surface area contributed by atoms with Crippen molar-refractivity contribution in [2.75, 3.05) is 0 Å². The Morgan fingerprint density at radius 3 is 0.714 bits per heavy atom. The molecule has 290 valence electrons. The average Bonchev–Trinajstić information content (AvgIpc) is 3.20. The zero-order valence-electron chi connectivity index (χ0n) is 35.6. The Hall–Kier alpha value is -4.68. The fourth-order valence-corrected chi connectivity index (χ4v) is 9.04. The molecule has 0 N–H and O–H groups in total. The second kappa shape index (κ2) is 19.5. The minimum atomic E-state index is 0.413. The van der Waals surface area contributed by atoms with Gasteiger partial charge in [0.2, 0.25) is 0 Å². The molecule has 0 aliphatic heterocycles. The second-order valence-electron chi connectivity index (χ2n) is 17.4. The zero-order valence-corrected chi connectivity index (χ0v) is 35.6. The number of benzene rings is 6. The van der Waals surface area contributed by atoms with Gasteiger partial charge in [0, 0.05) is 0 Å². The minimum absolute atomic E-state index is 0.413. The lowest BCUT2D eigenvalue weighted by Crippen LogP contribution is -2.16. The van der Waals surface area contributed by atoms with E-state index < -0.39 is 0 Å². The molecule has 6 aromatic rings. The summed E-state index contributed by atoms with van der Waals surface area (Å²) in [5, 5.41) is 0. The highest BCUT2D eigenvalue weighted by atomic mass is 14.3. The number of rotatable bonds is 17. The van der Waals surface area contributed by atoms with Crippen LogP contribution in [0.2, 0.25) is 0 Å². The molecule has 0 fully saturated rings. The van der Waals surface area contributed by atoms with Crippen LogP contribution in [0.4, 0.5) is 0 Å². The van der Waals surface area contributed by atoms with Crippen molar-refractivity contribution in [3.05, 3.63) is 212 Å². The predicted octanol–water partition coefficient (Wildman–Crippen LogP) is 15.9. The van der Waals surface area contributed by atoms with Crippen molar-refractivity contribution in [2.45, 2.75) is 129 Å². The van der Waals surface area contributed by atoms with Gasteiger partial charge in [-0.25, -0.2) is 0 Å². The third kappa shape index (κ3) is 11.2. The number of hydrogen-bond donors (Lipinski definition) is 0. The van der Waals surface area contributed by atoms with Crippen molar-refractivity contribution in [3.63, 3.8) is 0 Å². The van der Waals surface area contributed by atoms with Crippen molar-refractivity contribution in [3.8, 4) is 0 Å². The summed E-state index contributed by atoms with van der Waals surface area (Å²) in [5.74, 6) is 2.69. The molecule has 0 bridgehead atoms. The molecule has 0 spiro atoms. The highest BCUT2D eigenvalue weighted by molar-refractivity contribution is 5.34. The summed E-state index contributed by atoms with van der Waals surface area (Å²) in [6.45, 7) is 18.1. The summed E-state index contributed by atoms with van der Waals surface area (Å²) in [6.07, 6.45) is 6.80. The summed E-state index contributed by atoms with van der Waals surface area (Å²) in [5.41, 5.74) is 16.8. The lowest BCUT2D eigenvalue weighted by Gasteiger charge is -2.33. The number of aryl methyl sites for hydroxylation is 6. The van der Waals surface area contributed by atoms with Gasteiger partial charge in [-0.3, -0.25) is 0 Å². The van der Waals surface area contributed by atoms with E-state index in [9.17, 15) is 0 Å². The Labute approximate surface area is 340 Å². The van der Waals surface area contributed by atoms with E-state index in [2.05, 4.69) is 201 Å². The second-order valence-corrected chi connectivity index (χ2v) is 17.4. The van der Waals surface area contributed by atoms with Gasteiger partial charge in [0.25, 0.3) is 0 Å². The largest absolute Gasteiger partial charge is 0.0648 e. The fraction of sp³-hybridized carbons (Fsp3) is 0.357. The smallest absolute Gasteiger partial charge is 0.0150 e. The summed E-state index contributed by atoms with van der Waals surface area (Å²) < 4.78 is 0. The van der Waals surface area contributed by atoms with E-state index >= 15 is 0 Å². The van der Waals surface area contributed by atoms with Crippen molar-refractivity contribution in [1.82, 2.24) is 0 Å². The minimum Gasteiger partial charge on any atom is -0.0648 e. The lowest BCUT2D eigenvalue weighted by atomic mass is 9.72. The van der Waals surface area contributed by atoms with Gasteiger partial charge < -0.3 is 0 Å². The fourth-order valence-electron chi connectivity index (χ4n) is 9.04. The third-order valence-corrected chi connectivity index (χ3v) is 12.8. The molecule has 0 saturated heterocycles. The SMILES string of the molecule is CCC(CC(CC(CC(CC(CC(C)c1ccc(C)cc1)c1ccc(C)cc1)c1ccc(C)cc1)c1ccc(C)cc1)c1ccc(C)cc1)c1ccc(C)cc1. The first kappa shape index (κ1) is 41.0. The van der Waals surface area contributed by atoms with Crippen molar-refractivity contribution in [1.29, 1.82) is 0 Å². The molecule has 0 amide bonds. The maximum Gasteiger partial charge on any atom is -0.0150 e. The van der Waals surface area contributed by atoms with Gasteiger partial charge in [0.15, 0.2) is 0 Å². The van der Waals surface area contributed by atoms with Gasteiger partial charge in [0.05, 0.1) is 0 Å². The van der Waals surface area contributed by atoms with Gasteiger partial charge in [-0.1, -0.05) is 193 Å². The highest BCUT2D eigenvalue weighted by Gasteiger charge is 2.29. The van der Waals surface area contributed by atoms with E-state index in [1.807, 2.05) is 0 Å². The summed E-state index contributed by atoms with van der Waals surface area (Å²) in [6, 6.07) is 56.6. The van der Waals surface area contributed by atoms with Crippen LogP contribution in [-0.4, -0.2) is 0 Å². The van der Waals surface area contributed by atoms with Crippen LogP contribution in [0.1, 0.15) is 155 Å².